The van der Waals surface area contributed by atoms with Crippen LogP contribution >= 0.6 is 11.6 Å². The van der Waals surface area contributed by atoms with Crippen molar-refractivity contribution < 1.29 is 9.53 Å². The van der Waals surface area contributed by atoms with Crippen molar-refractivity contribution in [1.29, 1.82) is 0 Å². The second-order valence-corrected chi connectivity index (χ2v) is 3.32. The Morgan fingerprint density at radius 1 is 1.44 bits per heavy atom. The third-order valence-electron chi connectivity index (χ3n) is 1.85. The van der Waals surface area contributed by atoms with Crippen LogP contribution in [0.1, 0.15) is 36.7 Å². The van der Waals surface area contributed by atoms with E-state index in [2.05, 4.69) is 0 Å². The highest BCUT2D eigenvalue weighted by Gasteiger charge is 2.12. The van der Waals surface area contributed by atoms with Gasteiger partial charge in [0.1, 0.15) is 0 Å². The molecule has 0 aliphatic carbocycles. The van der Waals surface area contributed by atoms with Gasteiger partial charge in [0, 0.05) is 5.69 Å². The van der Waals surface area contributed by atoms with Gasteiger partial charge in [-0.25, -0.2) is 4.79 Å². The van der Waals surface area contributed by atoms with Crippen molar-refractivity contribution in [3.63, 3.8) is 0 Å². The van der Waals surface area contributed by atoms with E-state index >= 15 is 0 Å². The Balaban J connectivity index is 0.00000106. The van der Waals surface area contributed by atoms with Gasteiger partial charge in [0.2, 0.25) is 0 Å². The molecule has 0 aliphatic rings. The van der Waals surface area contributed by atoms with Gasteiger partial charge in [0.25, 0.3) is 0 Å². The monoisotopic (exact) mass is 243 g/mol. The Kier molecular flexibility index (Phi) is 6.58. The quantitative estimate of drug-likeness (QED) is 0.640. The summed E-state index contributed by atoms with van der Waals surface area (Å²) in [6.45, 7) is 7.89. The Hall–Kier alpha value is -1.22. The van der Waals surface area contributed by atoms with Crippen molar-refractivity contribution in [2.24, 2.45) is 0 Å². The zero-order valence-electron chi connectivity index (χ0n) is 10.1. The first-order valence-electron chi connectivity index (χ1n) is 5.29. The predicted octanol–water partition coefficient (Wildman–Crippen LogP) is 3.43. The van der Waals surface area contributed by atoms with Crippen LogP contribution in [0.5, 0.6) is 0 Å². The Morgan fingerprint density at radius 3 is 2.50 bits per heavy atom. The average Bonchev–Trinajstić information content (AvgIpc) is 2.26. The van der Waals surface area contributed by atoms with Crippen molar-refractivity contribution in [2.75, 3.05) is 12.3 Å². The highest BCUT2D eigenvalue weighted by atomic mass is 35.5. The number of aryl methyl sites for hydroxylation is 1. The Bertz CT molecular complexity index is 364. The van der Waals surface area contributed by atoms with Crippen LogP contribution in [0, 0.1) is 6.92 Å². The van der Waals surface area contributed by atoms with Crippen molar-refractivity contribution in [3.05, 3.63) is 28.3 Å². The van der Waals surface area contributed by atoms with Crippen LogP contribution in [0.3, 0.4) is 0 Å². The van der Waals surface area contributed by atoms with Crippen LogP contribution < -0.4 is 5.73 Å². The SMILES string of the molecule is CC.CCOC(=O)c1cc(C)c(N)cc1Cl. The molecule has 0 aromatic heterocycles. The first-order valence-corrected chi connectivity index (χ1v) is 5.66. The van der Waals surface area contributed by atoms with Gasteiger partial charge in [0.15, 0.2) is 0 Å². The summed E-state index contributed by atoms with van der Waals surface area (Å²) in [5.74, 6) is -0.416. The summed E-state index contributed by atoms with van der Waals surface area (Å²) >= 11 is 5.85. The van der Waals surface area contributed by atoms with E-state index in [9.17, 15) is 4.79 Å². The zero-order valence-corrected chi connectivity index (χ0v) is 10.9. The maximum Gasteiger partial charge on any atom is 0.339 e. The minimum atomic E-state index is -0.416. The largest absolute Gasteiger partial charge is 0.462 e. The number of benzene rings is 1. The summed E-state index contributed by atoms with van der Waals surface area (Å²) < 4.78 is 4.84. The number of esters is 1. The van der Waals surface area contributed by atoms with Crippen LogP contribution in [0.25, 0.3) is 0 Å². The number of rotatable bonds is 2. The lowest BCUT2D eigenvalue weighted by Gasteiger charge is -2.07. The molecule has 0 amide bonds. The molecule has 0 fully saturated rings. The molecule has 90 valence electrons. The summed E-state index contributed by atoms with van der Waals surface area (Å²) in [5, 5.41) is 0.326. The first-order chi connectivity index (χ1) is 7.56. The number of hydrogen-bond acceptors (Lipinski definition) is 3. The molecule has 0 radical (unpaired) electrons. The summed E-state index contributed by atoms with van der Waals surface area (Å²) in [6, 6.07) is 3.19. The molecule has 0 unspecified atom stereocenters. The Morgan fingerprint density at radius 2 is 2.00 bits per heavy atom. The molecule has 3 nitrogen and oxygen atoms in total. The lowest BCUT2D eigenvalue weighted by molar-refractivity contribution is 0.0526. The lowest BCUT2D eigenvalue weighted by atomic mass is 10.1. The average molecular weight is 244 g/mol. The molecule has 0 spiro atoms. The van der Waals surface area contributed by atoms with Gasteiger partial charge in [-0.3, -0.25) is 0 Å². The summed E-state index contributed by atoms with van der Waals surface area (Å²) in [5.41, 5.74) is 7.38. The maximum absolute atomic E-state index is 11.4. The van der Waals surface area contributed by atoms with Gasteiger partial charge in [0.05, 0.1) is 17.2 Å². The molecule has 16 heavy (non-hydrogen) atoms. The molecule has 0 saturated heterocycles. The zero-order chi connectivity index (χ0) is 12.7. The van der Waals surface area contributed by atoms with Crippen molar-refractivity contribution in [2.45, 2.75) is 27.7 Å². The van der Waals surface area contributed by atoms with Crippen LogP contribution in [-0.2, 0) is 4.74 Å². The van der Waals surface area contributed by atoms with Crippen LogP contribution in [0.2, 0.25) is 5.02 Å². The van der Waals surface area contributed by atoms with E-state index in [4.69, 9.17) is 22.1 Å². The fourth-order valence-corrected chi connectivity index (χ4v) is 1.31. The number of carbonyl (C=O) groups excluding carboxylic acids is 1. The van der Waals surface area contributed by atoms with Gasteiger partial charge in [-0.1, -0.05) is 25.4 Å². The molecule has 0 heterocycles. The number of nitrogens with two attached hydrogens (primary N) is 1. The minimum absolute atomic E-state index is 0.326. The molecule has 0 atom stereocenters. The summed E-state index contributed by atoms with van der Waals surface area (Å²) in [4.78, 5) is 11.4. The summed E-state index contributed by atoms with van der Waals surface area (Å²) in [7, 11) is 0. The van der Waals surface area contributed by atoms with Gasteiger partial charge in [-0.15, -0.1) is 0 Å². The topological polar surface area (TPSA) is 52.3 Å². The number of hydrogen-bond donors (Lipinski definition) is 1. The number of ether oxygens (including phenoxy) is 1. The summed E-state index contributed by atoms with van der Waals surface area (Å²) in [6.07, 6.45) is 0. The van der Waals surface area contributed by atoms with Crippen LogP contribution in [0.4, 0.5) is 5.69 Å². The molecule has 1 aromatic rings. The van der Waals surface area contributed by atoms with E-state index in [0.717, 1.165) is 5.56 Å². The fourth-order valence-electron chi connectivity index (χ4n) is 1.06. The van der Waals surface area contributed by atoms with Gasteiger partial charge in [-0.2, -0.15) is 0 Å². The third-order valence-corrected chi connectivity index (χ3v) is 2.16. The molecule has 0 saturated carbocycles. The van der Waals surface area contributed by atoms with Crippen molar-refractivity contribution in [1.82, 2.24) is 0 Å². The van der Waals surface area contributed by atoms with Crippen LogP contribution in [-0.4, -0.2) is 12.6 Å². The normalized spacial score (nSPS) is 9.06. The second-order valence-electron chi connectivity index (χ2n) is 2.91. The molecule has 1 aromatic carbocycles. The van der Waals surface area contributed by atoms with Gasteiger partial charge < -0.3 is 10.5 Å². The van der Waals surface area contributed by atoms with Gasteiger partial charge >= 0.3 is 5.97 Å². The van der Waals surface area contributed by atoms with E-state index in [-0.39, 0.29) is 0 Å². The smallest absolute Gasteiger partial charge is 0.339 e. The fraction of sp³-hybridized carbons (Fsp3) is 0.417. The number of anilines is 1. The molecule has 4 heteroatoms. The van der Waals surface area contributed by atoms with Crippen LogP contribution in [0.15, 0.2) is 12.1 Å². The molecule has 2 N–H and O–H groups in total. The highest BCUT2D eigenvalue weighted by molar-refractivity contribution is 6.33. The van der Waals surface area contributed by atoms with E-state index in [1.165, 1.54) is 0 Å². The van der Waals surface area contributed by atoms with Gasteiger partial charge in [-0.05, 0) is 31.5 Å². The molecular weight excluding hydrogens is 226 g/mol. The van der Waals surface area contributed by atoms with Crippen molar-refractivity contribution in [3.8, 4) is 0 Å². The first kappa shape index (κ1) is 14.8. The number of nitrogen functional groups attached to an aromatic ring is 1. The predicted molar refractivity (Wildman–Crippen MR) is 67.9 cm³/mol. The molecule has 1 rings (SSSR count). The lowest BCUT2D eigenvalue weighted by Crippen LogP contribution is -2.06. The van der Waals surface area contributed by atoms with E-state index < -0.39 is 5.97 Å². The highest BCUT2D eigenvalue weighted by Crippen LogP contribution is 2.23. The molecular formula is C12H18ClNO2. The van der Waals surface area contributed by atoms with E-state index in [0.29, 0.717) is 22.9 Å². The minimum Gasteiger partial charge on any atom is -0.462 e. The molecule has 0 aliphatic heterocycles. The second kappa shape index (κ2) is 7.12. The number of carbonyl (C=O) groups is 1. The number of halogens is 1. The van der Waals surface area contributed by atoms with E-state index in [1.54, 1.807) is 19.1 Å². The van der Waals surface area contributed by atoms with E-state index in [1.807, 2.05) is 20.8 Å². The standard InChI is InChI=1S/C10H12ClNO2.C2H6/c1-3-14-10(13)7-4-6(2)9(12)5-8(7)11;1-2/h4-5H,3,12H2,1-2H3;1-2H3. The molecule has 0 bridgehead atoms. The Labute approximate surface area is 102 Å². The van der Waals surface area contributed by atoms with Crippen molar-refractivity contribution >= 4 is 23.3 Å². The maximum atomic E-state index is 11.4. The third kappa shape index (κ3) is 3.74.